The van der Waals surface area contributed by atoms with Gasteiger partial charge in [-0.15, -0.1) is 0 Å². The normalized spacial score (nSPS) is 13.2. The van der Waals surface area contributed by atoms with Gasteiger partial charge < -0.3 is 23.8 Å². The van der Waals surface area contributed by atoms with Crippen LogP contribution in [0.2, 0.25) is 0 Å². The molecule has 4 heterocycles. The Kier molecular flexibility index (Phi) is 16.0. The molecule has 2 aliphatic heterocycles. The van der Waals surface area contributed by atoms with Crippen LogP contribution in [0.1, 0.15) is 81.8 Å². The van der Waals surface area contributed by atoms with Gasteiger partial charge in [-0.2, -0.15) is 0 Å². The van der Waals surface area contributed by atoms with E-state index in [2.05, 4.69) is 405 Å². The van der Waals surface area contributed by atoms with Crippen molar-refractivity contribution in [3.05, 3.63) is 409 Å². The summed E-state index contributed by atoms with van der Waals surface area (Å²) in [5, 5.41) is 4.90. The largest absolute Gasteiger partial charge is 0.338 e. The van der Waals surface area contributed by atoms with E-state index < -0.39 is 6.04 Å². The molecule has 5 nitrogen and oxygen atoms in total. The Hall–Kier alpha value is -13.4. The highest BCUT2D eigenvalue weighted by atomic mass is 15.2. The minimum absolute atomic E-state index is 0.101. The lowest BCUT2D eigenvalue weighted by atomic mass is 9.33. The lowest BCUT2D eigenvalue weighted by Gasteiger charge is -2.45. The van der Waals surface area contributed by atoms with Crippen LogP contribution in [-0.4, -0.2) is 15.8 Å². The third kappa shape index (κ3) is 12.8. The average Bonchev–Trinajstić information content (AvgIpc) is 1.39. The molecule has 0 unspecified atom stereocenters. The SMILES string of the molecule is [2H]c1c([2H])c([2H])c(-c2ccc3c(c2)N(Cc2cc(-c4ccccc4)cc(-c4ccccc4)c2)c2cc(CN(c4ccccc4)c4ccc(Cn5c6ccccc6c6ccccc65)cc4)cc4c2B3c2ccc(-n3c5ccc(C(C)(C)C)cc5c5cc(C(C)(C)C)ccc53)cc2N4Cc2cc(-c3ccccc3)cc(-c3ccccc3)c2)c([2H])c1[2H]. The van der Waals surface area contributed by atoms with Gasteiger partial charge in [0.25, 0.3) is 6.71 Å². The first kappa shape index (κ1) is 64.3. The fourth-order valence-corrected chi connectivity index (χ4v) is 17.9. The third-order valence-corrected chi connectivity index (χ3v) is 23.6. The van der Waals surface area contributed by atoms with Crippen LogP contribution in [0.5, 0.6) is 0 Å². The third-order valence-electron chi connectivity index (χ3n) is 23.6. The zero-order valence-corrected chi connectivity index (χ0v) is 65.1. The number of nitrogens with zero attached hydrogens (tertiary/aromatic N) is 5. The Labute approximate surface area is 676 Å². The minimum Gasteiger partial charge on any atom is -0.338 e. The first-order chi connectivity index (χ1) is 57.8. The molecule has 2 aromatic heterocycles. The Morgan fingerprint density at radius 1 is 0.298 bits per heavy atom. The minimum atomic E-state index is -0.430. The van der Waals surface area contributed by atoms with Crippen LogP contribution in [0.25, 0.3) is 105 Å². The van der Waals surface area contributed by atoms with E-state index in [0.29, 0.717) is 31.7 Å². The maximum atomic E-state index is 9.62. The molecule has 114 heavy (non-hydrogen) atoms. The quantitative estimate of drug-likeness (QED) is 0.0899. The van der Waals surface area contributed by atoms with E-state index in [4.69, 9.17) is 4.11 Å². The first-order valence-corrected chi connectivity index (χ1v) is 39.9. The van der Waals surface area contributed by atoms with Gasteiger partial charge >= 0.3 is 0 Å². The fourth-order valence-electron chi connectivity index (χ4n) is 17.9. The van der Waals surface area contributed by atoms with Crippen molar-refractivity contribution in [3.8, 4) is 61.3 Å². The summed E-state index contributed by atoms with van der Waals surface area (Å²) < 4.78 is 51.3. The number of benzene rings is 16. The van der Waals surface area contributed by atoms with E-state index in [9.17, 15) is 2.74 Å². The van der Waals surface area contributed by atoms with Gasteiger partial charge in [0.1, 0.15) is 0 Å². The summed E-state index contributed by atoms with van der Waals surface area (Å²) in [4.78, 5) is 7.57. The monoisotopic (exact) mass is 1470 g/mol. The van der Waals surface area contributed by atoms with Gasteiger partial charge in [-0.05, 0) is 244 Å². The second-order valence-corrected chi connectivity index (χ2v) is 33.0. The molecular formula is C108H88BN5. The Balaban J connectivity index is 0.859. The zero-order chi connectivity index (χ0) is 81.1. The van der Waals surface area contributed by atoms with Crippen LogP contribution in [0.4, 0.5) is 34.1 Å². The summed E-state index contributed by atoms with van der Waals surface area (Å²) >= 11 is 0. The van der Waals surface area contributed by atoms with Crippen molar-refractivity contribution >= 4 is 101 Å². The van der Waals surface area contributed by atoms with Crippen molar-refractivity contribution in [2.45, 2.75) is 78.6 Å². The van der Waals surface area contributed by atoms with Gasteiger partial charge in [0, 0.05) is 98.6 Å². The highest BCUT2D eigenvalue weighted by Gasteiger charge is 2.44. The molecule has 6 heteroatoms. The molecule has 0 radical (unpaired) electrons. The van der Waals surface area contributed by atoms with Gasteiger partial charge in [-0.3, -0.25) is 0 Å². The lowest BCUT2D eigenvalue weighted by Crippen LogP contribution is -2.62. The number of para-hydroxylation sites is 3. The molecule has 0 saturated carbocycles. The van der Waals surface area contributed by atoms with Crippen molar-refractivity contribution in [1.29, 1.82) is 0 Å². The number of hydrogen-bond donors (Lipinski definition) is 0. The molecule has 0 N–H and O–H groups in total. The smallest absolute Gasteiger partial charge is 0.252 e. The molecule has 0 amide bonds. The van der Waals surface area contributed by atoms with E-state index >= 15 is 0 Å². The molecule has 16 aromatic carbocycles. The number of rotatable bonds is 16. The van der Waals surface area contributed by atoms with Gasteiger partial charge in [0.15, 0.2) is 0 Å². The number of anilines is 6. The highest BCUT2D eigenvalue weighted by molar-refractivity contribution is 7.00. The second-order valence-electron chi connectivity index (χ2n) is 33.0. The molecule has 0 aliphatic carbocycles. The van der Waals surface area contributed by atoms with Crippen molar-refractivity contribution in [1.82, 2.24) is 9.13 Å². The van der Waals surface area contributed by atoms with Crippen LogP contribution in [-0.2, 0) is 37.0 Å². The fraction of sp³-hybridized carbons (Fsp3) is 0.111. The van der Waals surface area contributed by atoms with Crippen LogP contribution >= 0.6 is 0 Å². The molecule has 20 rings (SSSR count). The summed E-state index contributed by atoms with van der Waals surface area (Å²) in [5.74, 6) is 0. The van der Waals surface area contributed by atoms with Crippen LogP contribution < -0.4 is 31.1 Å². The standard InChI is InChI=1S/C108H88BN5/c1-107(2,3)87-48-55-100-94(66-87)95-67-88(108(4,5)6)49-56-101(95)114(100)91-52-54-97-103(68-91)113(72-75-59-85(80-35-19-10-20-36-80)64-86(60-75)81-37-21-11-22-38-81)105-62-76(70-110(89-39-23-12-24-40-89)90-50-45-73(46-51-90)69-111-98-43-27-25-41-92(98)93-42-26-28-44-99(93)111)61-104-106(105)109(97)96-53-47-82(77-29-13-7-14-30-77)65-102(96)112(104)71-74-57-83(78-31-15-8-16-32-78)63-84(58-74)79-33-17-9-18-34-79/h7-68H,69-72H2,1-6H3/i7D,13D,14D,29D,30D. The first-order valence-electron chi connectivity index (χ1n) is 42.4. The maximum absolute atomic E-state index is 9.62. The van der Waals surface area contributed by atoms with Crippen LogP contribution in [0.3, 0.4) is 0 Å². The maximum Gasteiger partial charge on any atom is 0.252 e. The average molecular weight is 1470 g/mol. The molecule has 0 spiro atoms. The van der Waals surface area contributed by atoms with E-state index in [0.717, 1.165) is 128 Å². The molecule has 18 aromatic rings. The molecule has 2 aliphatic rings. The van der Waals surface area contributed by atoms with Gasteiger partial charge in [0.2, 0.25) is 0 Å². The molecular weight excluding hydrogens is 1380 g/mol. The molecule has 0 bridgehead atoms. The van der Waals surface area contributed by atoms with Crippen LogP contribution in [0, 0.1) is 0 Å². The Morgan fingerprint density at radius 2 is 0.728 bits per heavy atom. The summed E-state index contributed by atoms with van der Waals surface area (Å²) in [5.41, 5.74) is 31.4. The van der Waals surface area contributed by atoms with Crippen molar-refractivity contribution in [3.63, 3.8) is 0 Å². The number of fused-ring (bicyclic) bond motifs is 10. The second kappa shape index (κ2) is 28.4. The summed E-state index contributed by atoms with van der Waals surface area (Å²) in [6.45, 7) is 15.4. The number of aromatic nitrogens is 2. The summed E-state index contributed by atoms with van der Waals surface area (Å²) in [6.07, 6.45) is 0. The van der Waals surface area contributed by atoms with E-state index in [1.54, 1.807) is 0 Å². The predicted molar refractivity (Wildman–Crippen MR) is 485 cm³/mol. The van der Waals surface area contributed by atoms with Crippen molar-refractivity contribution in [2.75, 3.05) is 14.7 Å². The highest BCUT2D eigenvalue weighted by Crippen LogP contribution is 2.46. The Bertz CT molecular complexity index is 6740. The lowest BCUT2D eigenvalue weighted by molar-refractivity contribution is 0.590. The molecule has 0 atom stereocenters. The van der Waals surface area contributed by atoms with Gasteiger partial charge in [-0.25, -0.2) is 0 Å². The van der Waals surface area contributed by atoms with Crippen LogP contribution in [0.15, 0.2) is 376 Å². The molecule has 0 saturated heterocycles. The Morgan fingerprint density at radius 3 is 1.20 bits per heavy atom. The van der Waals surface area contributed by atoms with Gasteiger partial charge in [0.05, 0.1) is 17.9 Å². The molecule has 548 valence electrons. The van der Waals surface area contributed by atoms with Gasteiger partial charge in [-0.1, -0.05) is 290 Å². The predicted octanol–water partition coefficient (Wildman–Crippen LogP) is 26.0. The summed E-state index contributed by atoms with van der Waals surface area (Å²) in [6, 6.07) is 125. The van der Waals surface area contributed by atoms with E-state index in [1.165, 1.54) is 49.3 Å². The number of hydrogen-bond acceptors (Lipinski definition) is 3. The van der Waals surface area contributed by atoms with E-state index in [-0.39, 0.29) is 47.3 Å². The van der Waals surface area contributed by atoms with Crippen molar-refractivity contribution < 1.29 is 6.85 Å². The molecule has 0 fully saturated rings. The van der Waals surface area contributed by atoms with E-state index in [1.807, 2.05) is 6.07 Å². The topological polar surface area (TPSA) is 19.6 Å². The zero-order valence-electron chi connectivity index (χ0n) is 70.1. The summed E-state index contributed by atoms with van der Waals surface area (Å²) in [7, 11) is 0. The van der Waals surface area contributed by atoms with Crippen molar-refractivity contribution in [2.24, 2.45) is 0 Å².